The number of rotatable bonds is 5. The normalized spacial score (nSPS) is 14.5. The van der Waals surface area contributed by atoms with Crippen molar-refractivity contribution in [1.29, 1.82) is 0 Å². The molecule has 4 nitrogen and oxygen atoms in total. The highest BCUT2D eigenvalue weighted by molar-refractivity contribution is 9.10. The van der Waals surface area contributed by atoms with E-state index in [0.29, 0.717) is 0 Å². The van der Waals surface area contributed by atoms with Gasteiger partial charge in [-0.15, -0.1) is 11.3 Å². The Bertz CT molecular complexity index is 682. The Hall–Kier alpha value is -1.40. The Kier molecular flexibility index (Phi) is 4.78. The van der Waals surface area contributed by atoms with Gasteiger partial charge >= 0.3 is 5.97 Å². The van der Waals surface area contributed by atoms with Gasteiger partial charge in [0.05, 0.1) is 24.3 Å². The highest BCUT2D eigenvalue weighted by atomic mass is 79.9. The topological polar surface area (TPSA) is 48.4 Å². The molecule has 1 aliphatic rings. The van der Waals surface area contributed by atoms with Gasteiger partial charge in [0.2, 0.25) is 0 Å². The molecule has 6 heteroatoms. The molecule has 1 aliphatic carbocycles. The molecule has 2 aromatic rings. The second-order valence-electron chi connectivity index (χ2n) is 5.22. The Morgan fingerprint density at radius 3 is 2.95 bits per heavy atom. The van der Waals surface area contributed by atoms with E-state index in [4.69, 9.17) is 9.47 Å². The quantitative estimate of drug-likeness (QED) is 0.718. The van der Waals surface area contributed by atoms with Gasteiger partial charge in [-0.05, 0) is 31.0 Å². The van der Waals surface area contributed by atoms with Crippen LogP contribution in [-0.4, -0.2) is 18.1 Å². The summed E-state index contributed by atoms with van der Waals surface area (Å²) in [5, 5.41) is 2.77. The fourth-order valence-corrected chi connectivity index (χ4v) is 3.44. The van der Waals surface area contributed by atoms with Crippen LogP contribution in [-0.2, 0) is 16.1 Å². The lowest BCUT2D eigenvalue weighted by Gasteiger charge is -2.22. The van der Waals surface area contributed by atoms with E-state index in [2.05, 4.69) is 20.9 Å². The minimum Gasteiger partial charge on any atom is -0.496 e. The number of ether oxygens (including phenoxy) is 2. The molecule has 0 aliphatic heterocycles. The summed E-state index contributed by atoms with van der Waals surface area (Å²) in [6.45, 7) is 0.238. The molecule has 1 aromatic carbocycles. The standard InChI is InChI=1S/C16H16BrNO3S/c1-20-14-6-5-11(17)7-13(14)15-18-12(9-22-15)8-21-16(19)10-3-2-4-10/h5-7,9-10H,2-4,8H2,1H3. The van der Waals surface area contributed by atoms with Crippen molar-refractivity contribution in [2.45, 2.75) is 25.9 Å². The van der Waals surface area contributed by atoms with E-state index in [1.165, 1.54) is 11.3 Å². The van der Waals surface area contributed by atoms with E-state index in [1.807, 2.05) is 23.6 Å². The summed E-state index contributed by atoms with van der Waals surface area (Å²) in [5.41, 5.74) is 1.70. The number of carbonyl (C=O) groups excluding carboxylic acids is 1. The van der Waals surface area contributed by atoms with Gasteiger partial charge in [-0.2, -0.15) is 0 Å². The largest absolute Gasteiger partial charge is 0.496 e. The van der Waals surface area contributed by atoms with Crippen LogP contribution in [0.3, 0.4) is 0 Å². The van der Waals surface area contributed by atoms with E-state index < -0.39 is 0 Å². The molecule has 0 N–H and O–H groups in total. The molecule has 0 amide bonds. The summed E-state index contributed by atoms with van der Waals surface area (Å²) in [6.07, 6.45) is 3.04. The Balaban J connectivity index is 1.70. The first-order chi connectivity index (χ1) is 10.7. The number of nitrogens with zero attached hydrogens (tertiary/aromatic N) is 1. The van der Waals surface area contributed by atoms with Crippen LogP contribution in [0.1, 0.15) is 25.0 Å². The molecule has 116 valence electrons. The minimum absolute atomic E-state index is 0.0964. The number of methoxy groups -OCH3 is 1. The van der Waals surface area contributed by atoms with Crippen LogP contribution in [0.2, 0.25) is 0 Å². The van der Waals surface area contributed by atoms with Crippen molar-refractivity contribution in [3.63, 3.8) is 0 Å². The van der Waals surface area contributed by atoms with Gasteiger partial charge in [0, 0.05) is 9.85 Å². The summed E-state index contributed by atoms with van der Waals surface area (Å²) in [7, 11) is 1.64. The van der Waals surface area contributed by atoms with Gasteiger partial charge in [-0.1, -0.05) is 22.4 Å². The first-order valence-corrected chi connectivity index (χ1v) is 8.79. The predicted octanol–water partition coefficient (Wildman–Crippen LogP) is 4.42. The van der Waals surface area contributed by atoms with Crippen LogP contribution in [0.25, 0.3) is 10.6 Å². The van der Waals surface area contributed by atoms with Crippen molar-refractivity contribution >= 4 is 33.2 Å². The lowest BCUT2D eigenvalue weighted by Crippen LogP contribution is -2.23. The van der Waals surface area contributed by atoms with E-state index >= 15 is 0 Å². The monoisotopic (exact) mass is 381 g/mol. The first kappa shape index (κ1) is 15.5. The lowest BCUT2D eigenvalue weighted by molar-refractivity contribution is -0.152. The highest BCUT2D eigenvalue weighted by Crippen LogP contribution is 2.34. The highest BCUT2D eigenvalue weighted by Gasteiger charge is 2.26. The van der Waals surface area contributed by atoms with Gasteiger partial charge in [0.15, 0.2) is 0 Å². The van der Waals surface area contributed by atoms with Crippen molar-refractivity contribution in [3.8, 4) is 16.3 Å². The Morgan fingerprint density at radius 1 is 1.45 bits per heavy atom. The van der Waals surface area contributed by atoms with Crippen molar-refractivity contribution < 1.29 is 14.3 Å². The number of esters is 1. The molecule has 0 bridgehead atoms. The van der Waals surface area contributed by atoms with Crippen LogP contribution in [0.4, 0.5) is 0 Å². The number of hydrogen-bond donors (Lipinski definition) is 0. The number of carbonyl (C=O) groups is 1. The molecule has 0 radical (unpaired) electrons. The van der Waals surface area contributed by atoms with Crippen molar-refractivity contribution in [1.82, 2.24) is 4.98 Å². The molecular formula is C16H16BrNO3S. The minimum atomic E-state index is -0.0964. The first-order valence-electron chi connectivity index (χ1n) is 7.12. The van der Waals surface area contributed by atoms with Gasteiger partial charge in [0.25, 0.3) is 0 Å². The fourth-order valence-electron chi connectivity index (χ4n) is 2.25. The SMILES string of the molecule is COc1ccc(Br)cc1-c1nc(COC(=O)C2CCC2)cs1. The molecule has 1 saturated carbocycles. The third-order valence-electron chi connectivity index (χ3n) is 3.74. The molecule has 0 unspecified atom stereocenters. The van der Waals surface area contributed by atoms with Crippen LogP contribution >= 0.6 is 27.3 Å². The fraction of sp³-hybridized carbons (Fsp3) is 0.375. The third-order valence-corrected chi connectivity index (χ3v) is 5.16. The maximum Gasteiger partial charge on any atom is 0.309 e. The van der Waals surface area contributed by atoms with E-state index in [0.717, 1.165) is 45.7 Å². The predicted molar refractivity (Wildman–Crippen MR) is 88.9 cm³/mol. The smallest absolute Gasteiger partial charge is 0.309 e. The van der Waals surface area contributed by atoms with Gasteiger partial charge in [-0.3, -0.25) is 4.79 Å². The van der Waals surface area contributed by atoms with Crippen LogP contribution in [0, 0.1) is 5.92 Å². The van der Waals surface area contributed by atoms with E-state index in [1.54, 1.807) is 7.11 Å². The summed E-state index contributed by atoms with van der Waals surface area (Å²) in [4.78, 5) is 16.3. The third kappa shape index (κ3) is 3.33. The zero-order valence-electron chi connectivity index (χ0n) is 12.2. The van der Waals surface area contributed by atoms with Crippen molar-refractivity contribution in [2.24, 2.45) is 5.92 Å². The van der Waals surface area contributed by atoms with Crippen molar-refractivity contribution in [2.75, 3.05) is 7.11 Å². The molecule has 1 fully saturated rings. The molecule has 0 spiro atoms. The molecule has 3 rings (SSSR count). The van der Waals surface area contributed by atoms with Crippen LogP contribution in [0.15, 0.2) is 28.1 Å². The zero-order valence-corrected chi connectivity index (χ0v) is 14.6. The molecule has 0 atom stereocenters. The van der Waals surface area contributed by atoms with Crippen molar-refractivity contribution in [3.05, 3.63) is 33.7 Å². The summed E-state index contributed by atoms with van der Waals surface area (Å²) in [5.74, 6) is 0.777. The average Bonchev–Trinajstić information content (AvgIpc) is 2.92. The molecular weight excluding hydrogens is 366 g/mol. The summed E-state index contributed by atoms with van der Waals surface area (Å²) in [6, 6.07) is 5.80. The second-order valence-corrected chi connectivity index (χ2v) is 7.00. The number of halogens is 1. The number of hydrogen-bond acceptors (Lipinski definition) is 5. The zero-order chi connectivity index (χ0) is 15.5. The van der Waals surface area contributed by atoms with E-state index in [-0.39, 0.29) is 18.5 Å². The van der Waals surface area contributed by atoms with E-state index in [9.17, 15) is 4.79 Å². The van der Waals surface area contributed by atoms with Gasteiger partial charge in [0.1, 0.15) is 17.4 Å². The summed E-state index contributed by atoms with van der Waals surface area (Å²) < 4.78 is 11.7. The van der Waals surface area contributed by atoms with Gasteiger partial charge in [-0.25, -0.2) is 4.98 Å². The molecule has 0 saturated heterocycles. The number of aromatic nitrogens is 1. The molecule has 1 aromatic heterocycles. The lowest BCUT2D eigenvalue weighted by atomic mass is 9.86. The number of benzene rings is 1. The van der Waals surface area contributed by atoms with Crippen LogP contribution < -0.4 is 4.74 Å². The maximum absolute atomic E-state index is 11.7. The second kappa shape index (κ2) is 6.79. The number of thiazole rings is 1. The summed E-state index contributed by atoms with van der Waals surface area (Å²) >= 11 is 4.98. The van der Waals surface area contributed by atoms with Crippen LogP contribution in [0.5, 0.6) is 5.75 Å². The Morgan fingerprint density at radius 2 is 2.27 bits per heavy atom. The molecule has 22 heavy (non-hydrogen) atoms. The molecule has 1 heterocycles. The van der Waals surface area contributed by atoms with Gasteiger partial charge < -0.3 is 9.47 Å². The Labute approximate surface area is 141 Å². The maximum atomic E-state index is 11.7. The average molecular weight is 382 g/mol.